The van der Waals surface area contributed by atoms with Gasteiger partial charge in [0, 0.05) is 43.2 Å². The molecule has 2 heterocycles. The topological polar surface area (TPSA) is 77.1 Å². The lowest BCUT2D eigenvalue weighted by atomic mass is 10.1. The van der Waals surface area contributed by atoms with Crippen LogP contribution < -0.4 is 5.32 Å². The predicted octanol–water partition coefficient (Wildman–Crippen LogP) is 0.484. The Labute approximate surface area is 118 Å². The van der Waals surface area contributed by atoms with Crippen molar-refractivity contribution in [3.8, 4) is 11.3 Å². The fourth-order valence-electron chi connectivity index (χ4n) is 2.07. The second-order valence-electron chi connectivity index (χ2n) is 5.06. The van der Waals surface area contributed by atoms with Crippen molar-refractivity contribution in [1.29, 1.82) is 0 Å². The second-order valence-corrected chi connectivity index (χ2v) is 5.06. The lowest BCUT2D eigenvalue weighted by Gasteiger charge is -2.16. The van der Waals surface area contributed by atoms with E-state index >= 15 is 0 Å². The van der Waals surface area contributed by atoms with E-state index in [-0.39, 0.29) is 6.10 Å². The Morgan fingerprint density at radius 2 is 2.25 bits per heavy atom. The molecule has 6 heteroatoms. The maximum Gasteiger partial charge on any atom is 0.0791 e. The van der Waals surface area contributed by atoms with Crippen molar-refractivity contribution in [2.75, 3.05) is 27.2 Å². The smallest absolute Gasteiger partial charge is 0.0791 e. The fourth-order valence-corrected chi connectivity index (χ4v) is 2.07. The van der Waals surface area contributed by atoms with Crippen LogP contribution in [0.25, 0.3) is 11.3 Å². The molecule has 3 N–H and O–H groups in total. The van der Waals surface area contributed by atoms with Crippen molar-refractivity contribution in [2.24, 2.45) is 0 Å². The van der Waals surface area contributed by atoms with Gasteiger partial charge in [-0.15, -0.1) is 0 Å². The molecule has 2 rings (SSSR count). The molecule has 0 amide bonds. The van der Waals surface area contributed by atoms with Gasteiger partial charge in [0.25, 0.3) is 0 Å². The van der Waals surface area contributed by atoms with Crippen LogP contribution in [0.2, 0.25) is 0 Å². The molecule has 0 saturated carbocycles. The molecule has 0 aliphatic heterocycles. The molecule has 0 radical (unpaired) electrons. The summed E-state index contributed by atoms with van der Waals surface area (Å²) >= 11 is 0. The Balaban J connectivity index is 1.90. The summed E-state index contributed by atoms with van der Waals surface area (Å²) in [5, 5.41) is 20.1. The van der Waals surface area contributed by atoms with Gasteiger partial charge in [0.15, 0.2) is 0 Å². The molecule has 0 aliphatic carbocycles. The van der Waals surface area contributed by atoms with Gasteiger partial charge in [0.2, 0.25) is 0 Å². The summed E-state index contributed by atoms with van der Waals surface area (Å²) in [6, 6.07) is 3.89. The van der Waals surface area contributed by atoms with Crippen molar-refractivity contribution in [1.82, 2.24) is 25.4 Å². The number of aliphatic hydroxyl groups is 1. The van der Waals surface area contributed by atoms with E-state index in [0.717, 1.165) is 16.8 Å². The highest BCUT2D eigenvalue weighted by molar-refractivity contribution is 5.61. The molecule has 0 bridgehead atoms. The summed E-state index contributed by atoms with van der Waals surface area (Å²) in [7, 11) is 3.89. The van der Waals surface area contributed by atoms with Gasteiger partial charge < -0.3 is 15.3 Å². The highest BCUT2D eigenvalue weighted by atomic mass is 16.3. The average molecular weight is 275 g/mol. The second kappa shape index (κ2) is 7.14. The number of nitrogens with zero attached hydrogens (tertiary/aromatic N) is 3. The number of hydrogen-bond acceptors (Lipinski definition) is 5. The first-order chi connectivity index (χ1) is 9.66. The first-order valence-electron chi connectivity index (χ1n) is 6.63. The van der Waals surface area contributed by atoms with Crippen LogP contribution in [0, 0.1) is 0 Å². The summed E-state index contributed by atoms with van der Waals surface area (Å²) in [4.78, 5) is 6.07. The normalized spacial score (nSPS) is 12.8. The lowest BCUT2D eigenvalue weighted by molar-refractivity contribution is 0.134. The third-order valence-corrected chi connectivity index (χ3v) is 2.94. The molecule has 108 valence electrons. The van der Waals surface area contributed by atoms with Crippen LogP contribution in [0.1, 0.15) is 5.56 Å². The Hall–Kier alpha value is -1.76. The molecule has 2 aromatic heterocycles. The minimum Gasteiger partial charge on any atom is -0.390 e. The monoisotopic (exact) mass is 275 g/mol. The third kappa shape index (κ3) is 4.12. The van der Waals surface area contributed by atoms with E-state index in [9.17, 15) is 5.11 Å². The standard InChI is InChI=1S/C14H21N5O/c1-19(2)10-13(20)9-16-7-12-8-17-18-14(12)11-4-3-5-15-6-11/h3-6,8,13,16,20H,7,9-10H2,1-2H3,(H,17,18). The summed E-state index contributed by atoms with van der Waals surface area (Å²) in [5.74, 6) is 0. The lowest BCUT2D eigenvalue weighted by Crippen LogP contribution is -2.34. The minimum atomic E-state index is -0.376. The van der Waals surface area contributed by atoms with Crippen LogP contribution in [-0.2, 0) is 6.54 Å². The van der Waals surface area contributed by atoms with Crippen molar-refractivity contribution >= 4 is 0 Å². The number of pyridine rings is 1. The molecule has 0 aromatic carbocycles. The zero-order chi connectivity index (χ0) is 14.4. The van der Waals surface area contributed by atoms with Crippen LogP contribution in [-0.4, -0.2) is 58.5 Å². The van der Waals surface area contributed by atoms with Gasteiger partial charge in [0.1, 0.15) is 0 Å². The molecule has 0 aliphatic rings. The average Bonchev–Trinajstić information content (AvgIpc) is 2.87. The van der Waals surface area contributed by atoms with E-state index in [2.05, 4.69) is 20.5 Å². The molecular weight excluding hydrogens is 254 g/mol. The molecule has 2 aromatic rings. The SMILES string of the molecule is CN(C)CC(O)CNCc1cn[nH]c1-c1cccnc1. The Bertz CT molecular complexity index is 511. The fraction of sp³-hybridized carbons (Fsp3) is 0.429. The van der Waals surface area contributed by atoms with Gasteiger partial charge in [-0.3, -0.25) is 10.1 Å². The predicted molar refractivity (Wildman–Crippen MR) is 78.1 cm³/mol. The highest BCUT2D eigenvalue weighted by Gasteiger charge is 2.09. The van der Waals surface area contributed by atoms with Gasteiger partial charge in [-0.25, -0.2) is 0 Å². The quantitative estimate of drug-likeness (QED) is 0.685. The van der Waals surface area contributed by atoms with E-state index < -0.39 is 0 Å². The molecule has 0 saturated heterocycles. The Morgan fingerprint density at radius 3 is 2.95 bits per heavy atom. The van der Waals surface area contributed by atoms with E-state index in [1.165, 1.54) is 0 Å². The maximum atomic E-state index is 9.80. The van der Waals surface area contributed by atoms with Crippen LogP contribution in [0.15, 0.2) is 30.7 Å². The molecule has 6 nitrogen and oxygen atoms in total. The van der Waals surface area contributed by atoms with Crippen LogP contribution in [0.4, 0.5) is 0 Å². The number of H-pyrrole nitrogens is 1. The largest absolute Gasteiger partial charge is 0.390 e. The third-order valence-electron chi connectivity index (χ3n) is 2.94. The van der Waals surface area contributed by atoms with Crippen molar-refractivity contribution in [2.45, 2.75) is 12.6 Å². The van der Waals surface area contributed by atoms with Crippen LogP contribution in [0.5, 0.6) is 0 Å². The summed E-state index contributed by atoms with van der Waals surface area (Å²) in [6.45, 7) is 1.86. The number of aliphatic hydroxyl groups excluding tert-OH is 1. The van der Waals surface area contributed by atoms with Crippen molar-refractivity contribution in [3.05, 3.63) is 36.3 Å². The molecule has 1 unspecified atom stereocenters. The zero-order valence-corrected chi connectivity index (χ0v) is 11.9. The van der Waals surface area contributed by atoms with Crippen molar-refractivity contribution < 1.29 is 5.11 Å². The first kappa shape index (κ1) is 14.6. The first-order valence-corrected chi connectivity index (χ1v) is 6.63. The molecule has 0 fully saturated rings. The van der Waals surface area contributed by atoms with Gasteiger partial charge in [0.05, 0.1) is 18.0 Å². The minimum absolute atomic E-state index is 0.376. The van der Waals surface area contributed by atoms with E-state index in [0.29, 0.717) is 19.6 Å². The number of nitrogens with one attached hydrogen (secondary N) is 2. The van der Waals surface area contributed by atoms with Gasteiger partial charge >= 0.3 is 0 Å². The van der Waals surface area contributed by atoms with Gasteiger partial charge in [-0.1, -0.05) is 0 Å². The molecular formula is C14H21N5O. The van der Waals surface area contributed by atoms with Crippen LogP contribution >= 0.6 is 0 Å². The van der Waals surface area contributed by atoms with Gasteiger partial charge in [-0.2, -0.15) is 5.10 Å². The Morgan fingerprint density at radius 1 is 1.40 bits per heavy atom. The number of likely N-dealkylation sites (N-methyl/N-ethyl adjacent to an activating group) is 1. The maximum absolute atomic E-state index is 9.80. The number of hydrogen-bond donors (Lipinski definition) is 3. The van der Waals surface area contributed by atoms with Crippen molar-refractivity contribution in [3.63, 3.8) is 0 Å². The van der Waals surface area contributed by atoms with E-state index in [1.807, 2.05) is 31.1 Å². The van der Waals surface area contributed by atoms with Crippen LogP contribution in [0.3, 0.4) is 0 Å². The number of aromatic amines is 1. The van der Waals surface area contributed by atoms with E-state index in [1.54, 1.807) is 18.6 Å². The summed E-state index contributed by atoms with van der Waals surface area (Å²) < 4.78 is 0. The Kier molecular flexibility index (Phi) is 5.23. The zero-order valence-electron chi connectivity index (χ0n) is 11.9. The van der Waals surface area contributed by atoms with E-state index in [4.69, 9.17) is 0 Å². The number of rotatable bonds is 7. The number of aromatic nitrogens is 3. The summed E-state index contributed by atoms with van der Waals surface area (Å²) in [6.07, 6.45) is 4.97. The molecule has 1 atom stereocenters. The highest BCUT2D eigenvalue weighted by Crippen LogP contribution is 2.19. The van der Waals surface area contributed by atoms with Gasteiger partial charge in [-0.05, 0) is 26.2 Å². The summed E-state index contributed by atoms with van der Waals surface area (Å²) in [5.41, 5.74) is 3.04. The molecule has 0 spiro atoms. The molecule has 20 heavy (non-hydrogen) atoms.